The summed E-state index contributed by atoms with van der Waals surface area (Å²) in [4.78, 5) is 15.1. The van der Waals surface area contributed by atoms with E-state index in [1.165, 1.54) is 25.9 Å². The van der Waals surface area contributed by atoms with Crippen LogP contribution in [-0.2, 0) is 9.53 Å². The molecule has 5 heteroatoms. The van der Waals surface area contributed by atoms with Crippen LogP contribution in [0.3, 0.4) is 0 Å². The molecule has 1 aromatic carbocycles. The van der Waals surface area contributed by atoms with Crippen LogP contribution in [0.2, 0.25) is 0 Å². The molecule has 0 aromatic heterocycles. The lowest BCUT2D eigenvalue weighted by Gasteiger charge is -2.30. The van der Waals surface area contributed by atoms with Crippen LogP contribution in [0, 0.1) is 5.92 Å². The van der Waals surface area contributed by atoms with Gasteiger partial charge in [-0.05, 0) is 75.9 Å². The van der Waals surface area contributed by atoms with E-state index in [2.05, 4.69) is 24.1 Å². The third-order valence-electron chi connectivity index (χ3n) is 5.81. The third kappa shape index (κ3) is 7.10. The SMILES string of the molecule is CCCC[C@](C)(OC)C(=O)Nc1ccc(OCCCN2CCC(C)CC2)cc1. The highest BCUT2D eigenvalue weighted by atomic mass is 16.5. The molecule has 1 heterocycles. The van der Waals surface area contributed by atoms with E-state index in [0.717, 1.165) is 49.8 Å². The van der Waals surface area contributed by atoms with Crippen molar-refractivity contribution in [2.45, 2.75) is 64.9 Å². The Hall–Kier alpha value is -1.59. The summed E-state index contributed by atoms with van der Waals surface area (Å²) in [5.74, 6) is 1.61. The highest BCUT2D eigenvalue weighted by Crippen LogP contribution is 2.22. The van der Waals surface area contributed by atoms with E-state index in [1.807, 2.05) is 31.2 Å². The van der Waals surface area contributed by atoms with Crippen molar-refractivity contribution in [3.63, 3.8) is 0 Å². The molecule has 0 unspecified atom stereocenters. The lowest BCUT2D eigenvalue weighted by Crippen LogP contribution is -2.41. The predicted octanol–water partition coefficient (Wildman–Crippen LogP) is 4.72. The number of rotatable bonds is 11. The first-order valence-electron chi connectivity index (χ1n) is 10.8. The zero-order valence-electron chi connectivity index (χ0n) is 18.1. The molecule has 28 heavy (non-hydrogen) atoms. The van der Waals surface area contributed by atoms with Crippen molar-refractivity contribution < 1.29 is 14.3 Å². The van der Waals surface area contributed by atoms with Crippen LogP contribution in [0.4, 0.5) is 5.69 Å². The van der Waals surface area contributed by atoms with Crippen molar-refractivity contribution in [1.29, 1.82) is 0 Å². The van der Waals surface area contributed by atoms with Gasteiger partial charge in [-0.15, -0.1) is 0 Å². The summed E-state index contributed by atoms with van der Waals surface area (Å²) in [6, 6.07) is 7.59. The minimum Gasteiger partial charge on any atom is -0.494 e. The lowest BCUT2D eigenvalue weighted by atomic mass is 9.97. The van der Waals surface area contributed by atoms with Crippen LogP contribution in [0.5, 0.6) is 5.75 Å². The molecule has 0 bridgehead atoms. The molecule has 1 aliphatic rings. The van der Waals surface area contributed by atoms with Gasteiger partial charge in [0.15, 0.2) is 0 Å². The topological polar surface area (TPSA) is 50.8 Å². The highest BCUT2D eigenvalue weighted by molar-refractivity contribution is 5.97. The van der Waals surface area contributed by atoms with Gasteiger partial charge in [-0.1, -0.05) is 26.7 Å². The highest BCUT2D eigenvalue weighted by Gasteiger charge is 2.32. The molecule has 158 valence electrons. The number of carbonyl (C=O) groups is 1. The minimum atomic E-state index is -0.794. The minimum absolute atomic E-state index is 0.104. The maximum Gasteiger partial charge on any atom is 0.256 e. The van der Waals surface area contributed by atoms with Gasteiger partial charge in [0.25, 0.3) is 5.91 Å². The van der Waals surface area contributed by atoms with E-state index in [0.29, 0.717) is 6.42 Å². The fraction of sp³-hybridized carbons (Fsp3) is 0.696. The number of ether oxygens (including phenoxy) is 2. The summed E-state index contributed by atoms with van der Waals surface area (Å²) in [6.07, 6.45) is 6.37. The van der Waals surface area contributed by atoms with E-state index in [4.69, 9.17) is 9.47 Å². The van der Waals surface area contributed by atoms with Gasteiger partial charge in [0, 0.05) is 19.3 Å². The summed E-state index contributed by atoms with van der Waals surface area (Å²) in [6.45, 7) is 10.6. The second-order valence-electron chi connectivity index (χ2n) is 8.24. The average Bonchev–Trinajstić information content (AvgIpc) is 2.71. The molecule has 0 radical (unpaired) electrons. The van der Waals surface area contributed by atoms with Crippen LogP contribution in [0.25, 0.3) is 0 Å². The molecule has 1 N–H and O–H groups in total. The van der Waals surface area contributed by atoms with Crippen molar-refractivity contribution >= 4 is 11.6 Å². The first-order chi connectivity index (χ1) is 13.5. The Morgan fingerprint density at radius 1 is 1.21 bits per heavy atom. The Kier molecular flexibility index (Phi) is 9.26. The number of amides is 1. The molecule has 0 aliphatic carbocycles. The molecule has 0 saturated carbocycles. The molecule has 5 nitrogen and oxygen atoms in total. The third-order valence-corrected chi connectivity index (χ3v) is 5.81. The van der Waals surface area contributed by atoms with Crippen LogP contribution in [0.1, 0.15) is 59.3 Å². The van der Waals surface area contributed by atoms with Crippen molar-refractivity contribution in [3.05, 3.63) is 24.3 Å². The monoisotopic (exact) mass is 390 g/mol. The number of hydrogen-bond acceptors (Lipinski definition) is 4. The Morgan fingerprint density at radius 2 is 1.89 bits per heavy atom. The first-order valence-corrected chi connectivity index (χ1v) is 10.8. The Bertz CT molecular complexity index is 582. The number of nitrogens with zero attached hydrogens (tertiary/aromatic N) is 1. The van der Waals surface area contributed by atoms with E-state index in [9.17, 15) is 4.79 Å². The Balaban J connectivity index is 1.72. The molecule has 1 fully saturated rings. The van der Waals surface area contributed by atoms with Gasteiger partial charge in [0.2, 0.25) is 0 Å². The predicted molar refractivity (Wildman–Crippen MR) is 115 cm³/mol. The van der Waals surface area contributed by atoms with E-state index in [-0.39, 0.29) is 5.91 Å². The molecule has 1 aliphatic heterocycles. The number of piperidine rings is 1. The molecule has 2 rings (SSSR count). The maximum absolute atomic E-state index is 12.6. The summed E-state index contributed by atoms with van der Waals surface area (Å²) in [5.41, 5.74) is -0.0307. The number of unbranched alkanes of at least 4 members (excludes halogenated alkanes) is 1. The smallest absolute Gasteiger partial charge is 0.256 e. The summed E-state index contributed by atoms with van der Waals surface area (Å²) < 4.78 is 11.3. The fourth-order valence-corrected chi connectivity index (χ4v) is 3.48. The van der Waals surface area contributed by atoms with Crippen LogP contribution >= 0.6 is 0 Å². The second kappa shape index (κ2) is 11.4. The number of nitrogens with one attached hydrogen (secondary N) is 1. The Labute approximate surface area is 170 Å². The van der Waals surface area contributed by atoms with Gasteiger partial charge in [-0.2, -0.15) is 0 Å². The number of benzene rings is 1. The quantitative estimate of drug-likeness (QED) is 0.556. The Morgan fingerprint density at radius 3 is 2.50 bits per heavy atom. The van der Waals surface area contributed by atoms with Crippen molar-refractivity contribution in [2.24, 2.45) is 5.92 Å². The van der Waals surface area contributed by atoms with Gasteiger partial charge in [-0.25, -0.2) is 0 Å². The number of likely N-dealkylation sites (tertiary alicyclic amines) is 1. The average molecular weight is 391 g/mol. The summed E-state index contributed by atoms with van der Waals surface area (Å²) in [7, 11) is 1.59. The van der Waals surface area contributed by atoms with E-state index < -0.39 is 5.60 Å². The van der Waals surface area contributed by atoms with Crippen molar-refractivity contribution in [1.82, 2.24) is 4.90 Å². The van der Waals surface area contributed by atoms with Crippen molar-refractivity contribution in [2.75, 3.05) is 38.7 Å². The molecule has 1 atom stereocenters. The summed E-state index contributed by atoms with van der Waals surface area (Å²) >= 11 is 0. The largest absolute Gasteiger partial charge is 0.494 e. The van der Waals surface area contributed by atoms with Crippen LogP contribution < -0.4 is 10.1 Å². The second-order valence-corrected chi connectivity index (χ2v) is 8.24. The van der Waals surface area contributed by atoms with Crippen LogP contribution in [-0.4, -0.2) is 49.8 Å². The molecule has 0 spiro atoms. The fourth-order valence-electron chi connectivity index (χ4n) is 3.48. The zero-order chi connectivity index (χ0) is 20.4. The molecular weight excluding hydrogens is 352 g/mol. The lowest BCUT2D eigenvalue weighted by molar-refractivity contribution is -0.136. The number of hydrogen-bond donors (Lipinski definition) is 1. The van der Waals surface area contributed by atoms with Gasteiger partial charge in [0.1, 0.15) is 11.4 Å². The van der Waals surface area contributed by atoms with Gasteiger partial charge < -0.3 is 19.7 Å². The number of carbonyl (C=O) groups excluding carboxylic acids is 1. The van der Waals surface area contributed by atoms with E-state index >= 15 is 0 Å². The normalized spacial score (nSPS) is 17.9. The zero-order valence-corrected chi connectivity index (χ0v) is 18.1. The van der Waals surface area contributed by atoms with Gasteiger partial charge >= 0.3 is 0 Å². The molecule has 1 amide bonds. The molecular formula is C23H38N2O3. The maximum atomic E-state index is 12.6. The standard InChI is InChI=1S/C23H38N2O3/c1-5-6-14-23(3,27-4)22(26)24-20-8-10-21(11-9-20)28-18-7-15-25-16-12-19(2)13-17-25/h8-11,19H,5-7,12-18H2,1-4H3,(H,24,26)/t23-/m0/s1. The molecule has 1 aromatic rings. The van der Waals surface area contributed by atoms with Crippen molar-refractivity contribution in [3.8, 4) is 5.75 Å². The van der Waals surface area contributed by atoms with Gasteiger partial charge in [0.05, 0.1) is 6.61 Å². The number of methoxy groups -OCH3 is 1. The van der Waals surface area contributed by atoms with E-state index in [1.54, 1.807) is 7.11 Å². The van der Waals surface area contributed by atoms with Gasteiger partial charge in [-0.3, -0.25) is 4.79 Å². The number of anilines is 1. The van der Waals surface area contributed by atoms with Crippen LogP contribution in [0.15, 0.2) is 24.3 Å². The summed E-state index contributed by atoms with van der Waals surface area (Å²) in [5, 5.41) is 2.96. The first kappa shape index (κ1) is 22.7. The molecule has 1 saturated heterocycles.